The first-order valence-corrected chi connectivity index (χ1v) is 16.4. The molecule has 36 heavy (non-hydrogen) atoms. The standard InChI is InChI=1S/C34H42Si2/c1-32(2,3)26-18-22-30(23-19-26)36(31-24-20-27(21-25-31)33(4,5)6)34(7,28-14-10-8-11-15-28)35-29-16-12-9-13-17-29/h8-25,36H,35H2,1-7H3. The van der Waals surface area contributed by atoms with Crippen LogP contribution < -0.4 is 15.6 Å². The number of rotatable bonds is 6. The zero-order valence-electron chi connectivity index (χ0n) is 23.2. The molecule has 0 spiro atoms. The predicted molar refractivity (Wildman–Crippen MR) is 165 cm³/mol. The van der Waals surface area contributed by atoms with E-state index >= 15 is 0 Å². The van der Waals surface area contributed by atoms with Crippen LogP contribution in [0, 0.1) is 0 Å². The molecule has 0 saturated carbocycles. The maximum absolute atomic E-state index is 2.58. The van der Waals surface area contributed by atoms with Gasteiger partial charge in [-0.3, -0.25) is 0 Å². The van der Waals surface area contributed by atoms with Crippen LogP contribution >= 0.6 is 0 Å². The van der Waals surface area contributed by atoms with Crippen LogP contribution in [-0.4, -0.2) is 18.3 Å². The summed E-state index contributed by atoms with van der Waals surface area (Å²) >= 11 is 0. The molecule has 1 atom stereocenters. The highest BCUT2D eigenvalue weighted by Gasteiger charge is 2.40. The van der Waals surface area contributed by atoms with E-state index in [2.05, 4.69) is 158 Å². The minimum Gasteiger partial charge on any atom is -0.0663 e. The average molecular weight is 507 g/mol. The Kier molecular flexibility index (Phi) is 7.59. The van der Waals surface area contributed by atoms with Gasteiger partial charge in [-0.15, -0.1) is 0 Å². The molecular formula is C34H42Si2. The highest BCUT2D eigenvalue weighted by atomic mass is 28.3. The van der Waals surface area contributed by atoms with Gasteiger partial charge in [-0.2, -0.15) is 0 Å². The minimum atomic E-state index is -1.66. The van der Waals surface area contributed by atoms with Crippen LogP contribution in [0.25, 0.3) is 0 Å². The molecule has 4 aromatic rings. The van der Waals surface area contributed by atoms with Crippen molar-refractivity contribution in [1.82, 2.24) is 0 Å². The van der Waals surface area contributed by atoms with Crippen molar-refractivity contribution < 1.29 is 0 Å². The van der Waals surface area contributed by atoms with Crippen molar-refractivity contribution >= 4 is 33.9 Å². The maximum Gasteiger partial charge on any atom is 0.110 e. The van der Waals surface area contributed by atoms with Gasteiger partial charge in [0.25, 0.3) is 0 Å². The molecular weight excluding hydrogens is 465 g/mol. The fourth-order valence-electron chi connectivity index (χ4n) is 5.49. The molecule has 4 aromatic carbocycles. The highest BCUT2D eigenvalue weighted by Crippen LogP contribution is 2.28. The fourth-order valence-corrected chi connectivity index (χ4v) is 13.8. The Bertz CT molecular complexity index is 1190. The molecule has 0 N–H and O–H groups in total. The Labute approximate surface area is 223 Å². The van der Waals surface area contributed by atoms with Gasteiger partial charge in [0.1, 0.15) is 8.80 Å². The first-order chi connectivity index (χ1) is 17.0. The molecule has 1 unspecified atom stereocenters. The third-order valence-corrected chi connectivity index (χ3v) is 15.3. The van der Waals surface area contributed by atoms with Gasteiger partial charge in [0.15, 0.2) is 0 Å². The van der Waals surface area contributed by atoms with Crippen molar-refractivity contribution in [3.8, 4) is 0 Å². The molecule has 0 saturated heterocycles. The van der Waals surface area contributed by atoms with Crippen LogP contribution in [0.3, 0.4) is 0 Å². The molecule has 0 fully saturated rings. The summed E-state index contributed by atoms with van der Waals surface area (Å²) in [6.45, 7) is 16.4. The van der Waals surface area contributed by atoms with Crippen LogP contribution in [0.2, 0.25) is 0 Å². The maximum atomic E-state index is 2.58. The largest absolute Gasteiger partial charge is 0.110 e. The summed E-state index contributed by atoms with van der Waals surface area (Å²) in [6.07, 6.45) is 0. The van der Waals surface area contributed by atoms with Gasteiger partial charge in [0.05, 0.1) is 9.52 Å². The molecule has 0 radical (unpaired) electrons. The molecule has 0 aliphatic heterocycles. The zero-order valence-corrected chi connectivity index (χ0v) is 25.7. The molecule has 0 aromatic heterocycles. The van der Waals surface area contributed by atoms with Gasteiger partial charge in [0.2, 0.25) is 0 Å². The van der Waals surface area contributed by atoms with Crippen molar-refractivity contribution in [2.24, 2.45) is 0 Å². The third-order valence-electron chi connectivity index (χ3n) is 7.70. The lowest BCUT2D eigenvalue weighted by molar-refractivity contribution is 0.590. The summed E-state index contributed by atoms with van der Waals surface area (Å²) in [5.41, 5.74) is 4.63. The lowest BCUT2D eigenvalue weighted by Gasteiger charge is -2.39. The number of benzene rings is 4. The summed E-state index contributed by atoms with van der Waals surface area (Å²) in [4.78, 5) is 0. The van der Waals surface area contributed by atoms with Crippen LogP contribution in [0.15, 0.2) is 109 Å². The minimum absolute atomic E-state index is 0.148. The average Bonchev–Trinajstić information content (AvgIpc) is 2.85. The molecule has 0 heterocycles. The molecule has 0 aliphatic rings. The molecule has 0 nitrogen and oxygen atoms in total. The Morgan fingerprint density at radius 2 is 0.833 bits per heavy atom. The van der Waals surface area contributed by atoms with Gasteiger partial charge < -0.3 is 0 Å². The summed E-state index contributed by atoms with van der Waals surface area (Å²) in [5.74, 6) is 0. The van der Waals surface area contributed by atoms with Crippen LogP contribution in [0.5, 0.6) is 0 Å². The van der Waals surface area contributed by atoms with Crippen molar-refractivity contribution in [1.29, 1.82) is 0 Å². The van der Waals surface area contributed by atoms with E-state index in [4.69, 9.17) is 0 Å². The quantitative estimate of drug-likeness (QED) is 0.300. The first-order valence-electron chi connectivity index (χ1n) is 13.3. The monoisotopic (exact) mass is 506 g/mol. The van der Waals surface area contributed by atoms with Crippen LogP contribution in [0.4, 0.5) is 0 Å². The highest BCUT2D eigenvalue weighted by molar-refractivity contribution is 6.95. The second kappa shape index (κ2) is 10.4. The Morgan fingerprint density at radius 1 is 0.444 bits per heavy atom. The molecule has 0 amide bonds. The third kappa shape index (κ3) is 5.82. The Hall–Kier alpha value is -2.69. The molecule has 0 aliphatic carbocycles. The fraction of sp³-hybridized carbons (Fsp3) is 0.294. The van der Waals surface area contributed by atoms with E-state index in [9.17, 15) is 0 Å². The summed E-state index contributed by atoms with van der Waals surface area (Å²) in [7, 11) is -2.30. The van der Waals surface area contributed by atoms with E-state index in [1.54, 1.807) is 15.6 Å². The number of hydrogen-bond donors (Lipinski definition) is 0. The van der Waals surface area contributed by atoms with Crippen molar-refractivity contribution in [3.05, 3.63) is 126 Å². The zero-order chi connectivity index (χ0) is 26.0. The van der Waals surface area contributed by atoms with Crippen LogP contribution in [0.1, 0.15) is 65.2 Å². The smallest absolute Gasteiger partial charge is 0.0663 e. The molecule has 4 rings (SSSR count). The summed E-state index contributed by atoms with van der Waals surface area (Å²) in [6, 6.07) is 42.0. The summed E-state index contributed by atoms with van der Waals surface area (Å²) < 4.78 is 0.148. The second-order valence-electron chi connectivity index (χ2n) is 12.6. The van der Waals surface area contributed by atoms with E-state index < -0.39 is 18.3 Å². The molecule has 0 bridgehead atoms. The van der Waals surface area contributed by atoms with E-state index in [-0.39, 0.29) is 15.5 Å². The van der Waals surface area contributed by atoms with E-state index in [1.165, 1.54) is 16.7 Å². The Balaban J connectivity index is 1.91. The van der Waals surface area contributed by atoms with E-state index in [0.717, 1.165) is 0 Å². The van der Waals surface area contributed by atoms with Gasteiger partial charge in [-0.25, -0.2) is 0 Å². The van der Waals surface area contributed by atoms with Crippen LogP contribution in [-0.2, 0) is 15.5 Å². The lowest BCUT2D eigenvalue weighted by atomic mass is 9.87. The van der Waals surface area contributed by atoms with Crippen molar-refractivity contribution in [3.63, 3.8) is 0 Å². The van der Waals surface area contributed by atoms with Gasteiger partial charge in [-0.1, -0.05) is 173 Å². The van der Waals surface area contributed by atoms with E-state index in [1.807, 2.05) is 0 Å². The lowest BCUT2D eigenvalue weighted by Crippen LogP contribution is -2.62. The van der Waals surface area contributed by atoms with Crippen molar-refractivity contribution in [2.75, 3.05) is 0 Å². The van der Waals surface area contributed by atoms with Gasteiger partial charge >= 0.3 is 0 Å². The molecule has 2 heteroatoms. The second-order valence-corrected chi connectivity index (χ2v) is 19.6. The predicted octanol–water partition coefficient (Wildman–Crippen LogP) is 5.57. The first kappa shape index (κ1) is 26.4. The summed E-state index contributed by atoms with van der Waals surface area (Å²) in [5, 5.41) is 4.63. The van der Waals surface area contributed by atoms with Gasteiger partial charge in [0, 0.05) is 0 Å². The Morgan fingerprint density at radius 3 is 1.22 bits per heavy atom. The molecule has 186 valence electrons. The SMILES string of the molecule is CC(C)(C)c1ccc([SiH](c2ccc(C(C)(C)C)cc2)C(C)([SiH2]c2ccccc2)c2ccccc2)cc1. The van der Waals surface area contributed by atoms with E-state index in [0.29, 0.717) is 0 Å². The van der Waals surface area contributed by atoms with Crippen molar-refractivity contribution in [2.45, 2.75) is 64.0 Å². The number of hydrogen-bond acceptors (Lipinski definition) is 0. The topological polar surface area (TPSA) is 0 Å². The van der Waals surface area contributed by atoms with Gasteiger partial charge in [-0.05, 0) is 32.2 Å². The normalized spacial score (nSPS) is 14.3.